The van der Waals surface area contributed by atoms with E-state index < -0.39 is 36.1 Å². The van der Waals surface area contributed by atoms with Gasteiger partial charge in [-0.25, -0.2) is 0 Å². The monoisotopic (exact) mass is 428 g/mol. The number of halogens is 4. The number of carbonyl (C=O) groups is 3. The van der Waals surface area contributed by atoms with Crippen molar-refractivity contribution in [3.63, 3.8) is 0 Å². The first-order valence-electron chi connectivity index (χ1n) is 8.31. The molecule has 2 rings (SSSR count). The van der Waals surface area contributed by atoms with Gasteiger partial charge in [0, 0.05) is 22.8 Å². The Morgan fingerprint density at radius 2 is 1.52 bits per heavy atom. The Labute approximate surface area is 169 Å². The molecule has 29 heavy (non-hydrogen) atoms. The van der Waals surface area contributed by atoms with Crippen LogP contribution in [-0.2, 0) is 25.3 Å². The third-order valence-corrected chi connectivity index (χ3v) is 3.74. The number of rotatable bonds is 7. The van der Waals surface area contributed by atoms with E-state index in [9.17, 15) is 27.6 Å². The molecule has 0 aliphatic carbocycles. The van der Waals surface area contributed by atoms with Crippen LogP contribution in [0.4, 0.5) is 24.5 Å². The Hall–Kier alpha value is -3.07. The fraction of sp³-hybridized carbons (Fsp3) is 0.211. The number of benzene rings is 2. The molecule has 10 heteroatoms. The summed E-state index contributed by atoms with van der Waals surface area (Å²) < 4.78 is 42.7. The summed E-state index contributed by atoms with van der Waals surface area (Å²) in [4.78, 5) is 35.2. The second-order valence-electron chi connectivity index (χ2n) is 5.85. The number of esters is 1. The van der Waals surface area contributed by atoms with Crippen LogP contribution in [0.3, 0.4) is 0 Å². The van der Waals surface area contributed by atoms with Crippen molar-refractivity contribution in [2.75, 3.05) is 17.2 Å². The summed E-state index contributed by atoms with van der Waals surface area (Å²) in [6.07, 6.45) is -5.18. The SMILES string of the molecule is O=C(CCC(=O)OCC(=O)Nc1cccc(Cl)c1)Nc1cccc(C(F)(F)F)c1. The highest BCUT2D eigenvalue weighted by Crippen LogP contribution is 2.30. The zero-order chi connectivity index (χ0) is 21.4. The molecular formula is C19H16ClF3N2O4. The molecule has 0 unspecified atom stereocenters. The van der Waals surface area contributed by atoms with E-state index in [2.05, 4.69) is 10.6 Å². The first-order valence-corrected chi connectivity index (χ1v) is 8.69. The van der Waals surface area contributed by atoms with E-state index in [4.69, 9.17) is 16.3 Å². The number of alkyl halides is 3. The first kappa shape index (κ1) is 22.2. The van der Waals surface area contributed by atoms with Gasteiger partial charge >= 0.3 is 12.1 Å². The molecule has 0 radical (unpaired) electrons. The molecule has 2 aromatic carbocycles. The Balaban J connectivity index is 1.73. The van der Waals surface area contributed by atoms with Crippen LogP contribution in [0.2, 0.25) is 5.02 Å². The standard InChI is InChI=1S/C19H16ClF3N2O4/c20-13-4-2-6-15(10-13)25-17(27)11-29-18(28)8-7-16(26)24-14-5-1-3-12(9-14)19(21,22)23/h1-6,9-10H,7-8,11H2,(H,24,26)(H,25,27). The number of nitrogens with one attached hydrogen (secondary N) is 2. The molecule has 154 valence electrons. The smallest absolute Gasteiger partial charge is 0.416 e. The van der Waals surface area contributed by atoms with Gasteiger partial charge in [0.2, 0.25) is 5.91 Å². The maximum atomic E-state index is 12.7. The Morgan fingerprint density at radius 1 is 0.897 bits per heavy atom. The molecule has 0 aliphatic rings. The van der Waals surface area contributed by atoms with Crippen LogP contribution in [-0.4, -0.2) is 24.4 Å². The van der Waals surface area contributed by atoms with E-state index in [0.29, 0.717) is 10.7 Å². The molecule has 2 aromatic rings. The van der Waals surface area contributed by atoms with Crippen molar-refractivity contribution in [1.29, 1.82) is 0 Å². The largest absolute Gasteiger partial charge is 0.456 e. The Morgan fingerprint density at radius 3 is 2.17 bits per heavy atom. The molecule has 0 aromatic heterocycles. The van der Waals surface area contributed by atoms with Gasteiger partial charge in [-0.2, -0.15) is 13.2 Å². The first-order chi connectivity index (χ1) is 13.6. The van der Waals surface area contributed by atoms with Crippen molar-refractivity contribution in [2.24, 2.45) is 0 Å². The third-order valence-electron chi connectivity index (χ3n) is 3.50. The van der Waals surface area contributed by atoms with Crippen LogP contribution in [0, 0.1) is 0 Å². The van der Waals surface area contributed by atoms with Crippen molar-refractivity contribution < 1.29 is 32.3 Å². The number of amides is 2. The fourth-order valence-electron chi connectivity index (χ4n) is 2.19. The van der Waals surface area contributed by atoms with Crippen LogP contribution < -0.4 is 10.6 Å². The van der Waals surface area contributed by atoms with Crippen molar-refractivity contribution >= 4 is 40.8 Å². The lowest BCUT2D eigenvalue weighted by Gasteiger charge is -2.10. The second-order valence-corrected chi connectivity index (χ2v) is 6.28. The zero-order valence-electron chi connectivity index (χ0n) is 14.9. The average molecular weight is 429 g/mol. The predicted octanol–water partition coefficient (Wildman–Crippen LogP) is 4.26. The van der Waals surface area contributed by atoms with E-state index in [1.807, 2.05) is 0 Å². The number of carbonyl (C=O) groups excluding carboxylic acids is 3. The Bertz CT molecular complexity index is 903. The lowest BCUT2D eigenvalue weighted by molar-refractivity contribution is -0.147. The summed E-state index contributed by atoms with van der Waals surface area (Å²) in [5.74, 6) is -2.05. The van der Waals surface area contributed by atoms with Crippen LogP contribution in [0.1, 0.15) is 18.4 Å². The molecule has 0 saturated carbocycles. The van der Waals surface area contributed by atoms with Crippen molar-refractivity contribution in [3.05, 3.63) is 59.1 Å². The van der Waals surface area contributed by atoms with Gasteiger partial charge < -0.3 is 15.4 Å². The van der Waals surface area contributed by atoms with Crippen LogP contribution in [0.5, 0.6) is 0 Å². The molecule has 0 fully saturated rings. The second kappa shape index (κ2) is 9.92. The van der Waals surface area contributed by atoms with E-state index in [1.165, 1.54) is 12.1 Å². The van der Waals surface area contributed by atoms with Gasteiger partial charge in [0.15, 0.2) is 6.61 Å². The molecule has 0 heterocycles. The predicted molar refractivity (Wildman–Crippen MR) is 100 cm³/mol. The third kappa shape index (κ3) is 7.82. The summed E-state index contributed by atoms with van der Waals surface area (Å²) in [6.45, 7) is -0.555. The van der Waals surface area contributed by atoms with Gasteiger partial charge in [0.05, 0.1) is 12.0 Å². The molecule has 0 atom stereocenters. The lowest BCUT2D eigenvalue weighted by Crippen LogP contribution is -2.21. The van der Waals surface area contributed by atoms with Gasteiger partial charge in [0.25, 0.3) is 5.91 Å². The molecular weight excluding hydrogens is 413 g/mol. The minimum Gasteiger partial charge on any atom is -0.456 e. The molecule has 0 saturated heterocycles. The maximum absolute atomic E-state index is 12.7. The van der Waals surface area contributed by atoms with Gasteiger partial charge in [0.1, 0.15) is 0 Å². The molecule has 2 N–H and O–H groups in total. The molecule has 2 amide bonds. The van der Waals surface area contributed by atoms with Gasteiger partial charge in [-0.3, -0.25) is 14.4 Å². The number of hydrogen-bond donors (Lipinski definition) is 2. The van der Waals surface area contributed by atoms with Crippen molar-refractivity contribution in [1.82, 2.24) is 0 Å². The average Bonchev–Trinajstić information content (AvgIpc) is 2.64. The maximum Gasteiger partial charge on any atom is 0.416 e. The highest BCUT2D eigenvalue weighted by molar-refractivity contribution is 6.30. The molecule has 0 aliphatic heterocycles. The molecule has 6 nitrogen and oxygen atoms in total. The van der Waals surface area contributed by atoms with Crippen LogP contribution in [0.15, 0.2) is 48.5 Å². The lowest BCUT2D eigenvalue weighted by atomic mass is 10.2. The summed E-state index contributed by atoms with van der Waals surface area (Å²) in [5.41, 5.74) is -0.515. The molecule has 0 spiro atoms. The van der Waals surface area contributed by atoms with E-state index >= 15 is 0 Å². The summed E-state index contributed by atoms with van der Waals surface area (Å²) in [5, 5.41) is 5.18. The summed E-state index contributed by atoms with van der Waals surface area (Å²) >= 11 is 5.79. The summed E-state index contributed by atoms with van der Waals surface area (Å²) in [6, 6.07) is 10.5. The van der Waals surface area contributed by atoms with Crippen LogP contribution >= 0.6 is 11.6 Å². The Kier molecular flexibility index (Phi) is 7.60. The van der Waals surface area contributed by atoms with Crippen molar-refractivity contribution in [3.8, 4) is 0 Å². The minimum absolute atomic E-state index is 0.0425. The number of anilines is 2. The highest BCUT2D eigenvalue weighted by Gasteiger charge is 2.30. The van der Waals surface area contributed by atoms with Gasteiger partial charge in [-0.1, -0.05) is 23.7 Å². The molecule has 0 bridgehead atoms. The van der Waals surface area contributed by atoms with Gasteiger partial charge in [-0.15, -0.1) is 0 Å². The van der Waals surface area contributed by atoms with E-state index in [-0.39, 0.29) is 18.5 Å². The number of ether oxygens (including phenoxy) is 1. The zero-order valence-corrected chi connectivity index (χ0v) is 15.6. The minimum atomic E-state index is -4.53. The van der Waals surface area contributed by atoms with E-state index in [0.717, 1.165) is 18.2 Å². The number of hydrogen-bond acceptors (Lipinski definition) is 4. The van der Waals surface area contributed by atoms with Gasteiger partial charge in [-0.05, 0) is 36.4 Å². The van der Waals surface area contributed by atoms with Crippen LogP contribution in [0.25, 0.3) is 0 Å². The topological polar surface area (TPSA) is 84.5 Å². The fourth-order valence-corrected chi connectivity index (χ4v) is 2.38. The quantitative estimate of drug-likeness (QED) is 0.645. The van der Waals surface area contributed by atoms with Crippen molar-refractivity contribution in [2.45, 2.75) is 19.0 Å². The van der Waals surface area contributed by atoms with E-state index in [1.54, 1.807) is 18.2 Å². The normalized spacial score (nSPS) is 10.9. The summed E-state index contributed by atoms with van der Waals surface area (Å²) in [7, 11) is 0. The highest BCUT2D eigenvalue weighted by atomic mass is 35.5.